The molecule has 0 saturated carbocycles. The molecular weight excluding hydrogens is 436 g/mol. The van der Waals surface area contributed by atoms with Crippen LogP contribution in [0.4, 0.5) is 0 Å². The molecular formula is C30H34O3Si. The van der Waals surface area contributed by atoms with Crippen LogP contribution < -0.4 is 10.4 Å². The topological polar surface area (TPSA) is 35.5 Å². The smallest absolute Gasteiger partial charge is 0.336 e. The third-order valence-electron chi connectivity index (χ3n) is 6.64. The summed E-state index contributed by atoms with van der Waals surface area (Å²) in [4.78, 5) is 13.2. The Labute approximate surface area is 204 Å². The van der Waals surface area contributed by atoms with Gasteiger partial charge in [-0.15, -0.1) is 0 Å². The Morgan fingerprint density at radius 1 is 0.882 bits per heavy atom. The molecule has 176 valence electrons. The number of rotatable bonds is 6. The molecule has 3 aromatic rings. The van der Waals surface area contributed by atoms with E-state index in [2.05, 4.69) is 87.5 Å². The summed E-state index contributed by atoms with van der Waals surface area (Å²) in [6.45, 7) is 8.97. The molecule has 1 aliphatic carbocycles. The Kier molecular flexibility index (Phi) is 7.20. The van der Waals surface area contributed by atoms with E-state index in [0.29, 0.717) is 12.2 Å². The van der Waals surface area contributed by atoms with Gasteiger partial charge in [-0.25, -0.2) is 4.79 Å². The summed E-state index contributed by atoms with van der Waals surface area (Å²) in [5.41, 5.74) is 2.91. The molecule has 1 unspecified atom stereocenters. The highest BCUT2D eigenvalue weighted by atomic mass is 28.4. The van der Waals surface area contributed by atoms with Crippen LogP contribution in [0.1, 0.15) is 45.2 Å². The molecule has 0 aromatic heterocycles. The summed E-state index contributed by atoms with van der Waals surface area (Å²) in [6.07, 6.45) is 3.20. The zero-order chi connectivity index (χ0) is 24.2. The molecule has 0 bridgehead atoms. The molecule has 4 rings (SSSR count). The van der Waals surface area contributed by atoms with Crippen LogP contribution in [0.3, 0.4) is 0 Å². The maximum absolute atomic E-state index is 13.2. The van der Waals surface area contributed by atoms with Crippen LogP contribution in [0.5, 0.6) is 0 Å². The van der Waals surface area contributed by atoms with Crippen molar-refractivity contribution in [3.63, 3.8) is 0 Å². The first-order valence-electron chi connectivity index (χ1n) is 12.1. The number of aryl methyl sites for hydroxylation is 1. The Balaban J connectivity index is 1.89. The van der Waals surface area contributed by atoms with Gasteiger partial charge in [0, 0.05) is 0 Å². The van der Waals surface area contributed by atoms with Gasteiger partial charge in [-0.1, -0.05) is 106 Å². The van der Waals surface area contributed by atoms with E-state index in [4.69, 9.17) is 9.16 Å². The molecule has 1 aliphatic rings. The maximum atomic E-state index is 13.2. The number of fused-ring (bicyclic) bond motifs is 1. The molecule has 3 nitrogen and oxygen atoms in total. The van der Waals surface area contributed by atoms with Crippen LogP contribution >= 0.6 is 0 Å². The average molecular weight is 471 g/mol. The first-order valence-corrected chi connectivity index (χ1v) is 14.0. The van der Waals surface area contributed by atoms with E-state index in [1.165, 1.54) is 15.9 Å². The molecule has 4 heteroatoms. The molecule has 1 atom stereocenters. The van der Waals surface area contributed by atoms with Gasteiger partial charge in [-0.2, -0.15) is 0 Å². The van der Waals surface area contributed by atoms with Crippen LogP contribution in [-0.4, -0.2) is 27.0 Å². The number of esters is 1. The molecule has 3 aromatic carbocycles. The van der Waals surface area contributed by atoms with E-state index in [9.17, 15) is 4.79 Å². The minimum absolute atomic E-state index is 0.172. The second kappa shape index (κ2) is 10.1. The predicted octanol–water partition coefficient (Wildman–Crippen LogP) is 5.52. The zero-order valence-corrected chi connectivity index (χ0v) is 21.6. The minimum atomic E-state index is -2.82. The molecule has 0 saturated heterocycles. The van der Waals surface area contributed by atoms with Crippen LogP contribution in [0.2, 0.25) is 5.04 Å². The van der Waals surface area contributed by atoms with Gasteiger partial charge in [0.1, 0.15) is 0 Å². The molecule has 0 amide bonds. The fourth-order valence-corrected chi connectivity index (χ4v) is 9.72. The van der Waals surface area contributed by atoms with E-state index < -0.39 is 8.32 Å². The van der Waals surface area contributed by atoms with E-state index in [1.807, 2.05) is 31.2 Å². The lowest BCUT2D eigenvalue weighted by atomic mass is 10.0. The van der Waals surface area contributed by atoms with E-state index >= 15 is 0 Å². The highest BCUT2D eigenvalue weighted by Gasteiger charge is 2.52. The number of carbonyl (C=O) groups is 1. The normalized spacial score (nSPS) is 16.2. The van der Waals surface area contributed by atoms with Crippen LogP contribution in [0.15, 0.2) is 90.5 Å². The average Bonchev–Trinajstić information content (AvgIpc) is 3.02. The SMILES string of the molecule is CCOC(=O)C1=Cc2ccccc2CCC1O[Si](c1ccccc1)(c1ccccc1)C(C)(C)C. The van der Waals surface area contributed by atoms with Crippen molar-refractivity contribution in [1.29, 1.82) is 0 Å². The van der Waals surface area contributed by atoms with Gasteiger partial charge in [0.15, 0.2) is 0 Å². The largest absolute Gasteiger partial charge is 0.463 e. The lowest BCUT2D eigenvalue weighted by Crippen LogP contribution is -2.68. The van der Waals surface area contributed by atoms with E-state index in [0.717, 1.165) is 18.4 Å². The van der Waals surface area contributed by atoms with Crippen LogP contribution in [0, 0.1) is 0 Å². The number of hydrogen-bond acceptors (Lipinski definition) is 3. The van der Waals surface area contributed by atoms with Crippen molar-refractivity contribution in [1.82, 2.24) is 0 Å². The first kappa shape index (κ1) is 24.2. The molecule has 0 radical (unpaired) electrons. The van der Waals surface area contributed by atoms with Crippen LogP contribution in [-0.2, 0) is 20.4 Å². The lowest BCUT2D eigenvalue weighted by molar-refractivity contribution is -0.139. The number of benzene rings is 3. The van der Waals surface area contributed by atoms with Gasteiger partial charge < -0.3 is 9.16 Å². The van der Waals surface area contributed by atoms with Gasteiger partial charge in [-0.05, 0) is 52.4 Å². The summed E-state index contributed by atoms with van der Waals surface area (Å²) in [7, 11) is -2.82. The first-order chi connectivity index (χ1) is 16.4. The van der Waals surface area contributed by atoms with Gasteiger partial charge >= 0.3 is 5.97 Å². The fraction of sp³-hybridized carbons (Fsp3) is 0.300. The second-order valence-electron chi connectivity index (χ2n) is 9.83. The van der Waals surface area contributed by atoms with E-state index in [1.54, 1.807) is 0 Å². The minimum Gasteiger partial charge on any atom is -0.463 e. The summed E-state index contributed by atoms with van der Waals surface area (Å²) in [6, 6.07) is 29.4. The third-order valence-corrected chi connectivity index (χ3v) is 11.7. The predicted molar refractivity (Wildman–Crippen MR) is 142 cm³/mol. The van der Waals surface area contributed by atoms with Crippen molar-refractivity contribution in [3.8, 4) is 0 Å². The van der Waals surface area contributed by atoms with Crippen molar-refractivity contribution in [2.45, 2.75) is 51.7 Å². The fourth-order valence-electron chi connectivity index (χ4n) is 5.04. The standard InChI is InChI=1S/C30H34O3Si/c1-5-32-29(31)27-22-24-15-13-12-14-23(24)20-21-28(27)33-34(30(2,3)4,25-16-8-6-9-17-25)26-18-10-7-11-19-26/h6-19,22,28H,5,20-21H2,1-4H3. The van der Waals surface area contributed by atoms with Gasteiger partial charge in [0.05, 0.1) is 18.3 Å². The Morgan fingerprint density at radius 2 is 1.44 bits per heavy atom. The highest BCUT2D eigenvalue weighted by molar-refractivity contribution is 6.99. The highest BCUT2D eigenvalue weighted by Crippen LogP contribution is 2.39. The van der Waals surface area contributed by atoms with Gasteiger partial charge in [0.2, 0.25) is 0 Å². The Bertz CT molecular complexity index is 1110. The summed E-state index contributed by atoms with van der Waals surface area (Å²) < 4.78 is 12.9. The van der Waals surface area contributed by atoms with Crippen molar-refractivity contribution in [3.05, 3.63) is 102 Å². The number of carbonyl (C=O) groups excluding carboxylic acids is 1. The summed E-state index contributed by atoms with van der Waals surface area (Å²) in [5, 5.41) is 2.24. The second-order valence-corrected chi connectivity index (χ2v) is 14.1. The molecule has 0 aliphatic heterocycles. The monoisotopic (exact) mass is 470 g/mol. The maximum Gasteiger partial charge on any atom is 0.336 e. The van der Waals surface area contributed by atoms with Crippen molar-refractivity contribution < 1.29 is 14.0 Å². The Morgan fingerprint density at radius 3 is 2.00 bits per heavy atom. The molecule has 0 N–H and O–H groups in total. The molecule has 0 spiro atoms. The molecule has 0 heterocycles. The summed E-state index contributed by atoms with van der Waals surface area (Å²) >= 11 is 0. The van der Waals surface area contributed by atoms with E-state index in [-0.39, 0.29) is 17.1 Å². The Hall–Kier alpha value is -2.95. The van der Waals surface area contributed by atoms with Crippen molar-refractivity contribution in [2.24, 2.45) is 0 Å². The number of hydrogen-bond donors (Lipinski definition) is 0. The third kappa shape index (κ3) is 4.66. The van der Waals surface area contributed by atoms with Gasteiger partial charge in [0.25, 0.3) is 8.32 Å². The van der Waals surface area contributed by atoms with Crippen LogP contribution in [0.25, 0.3) is 6.08 Å². The molecule has 0 fully saturated rings. The molecule has 34 heavy (non-hydrogen) atoms. The zero-order valence-electron chi connectivity index (χ0n) is 20.6. The van der Waals surface area contributed by atoms with Crippen molar-refractivity contribution in [2.75, 3.05) is 6.61 Å². The van der Waals surface area contributed by atoms with Gasteiger partial charge in [-0.3, -0.25) is 0 Å². The van der Waals surface area contributed by atoms with Crippen molar-refractivity contribution >= 4 is 30.7 Å². The summed E-state index contributed by atoms with van der Waals surface area (Å²) in [5.74, 6) is -0.290. The number of ether oxygens (including phenoxy) is 1. The quantitative estimate of drug-likeness (QED) is 0.351. The lowest BCUT2D eigenvalue weighted by Gasteiger charge is -2.45.